The fourth-order valence-electron chi connectivity index (χ4n) is 1.40. The van der Waals surface area contributed by atoms with Crippen molar-refractivity contribution in [3.05, 3.63) is 33.7 Å². The lowest BCUT2D eigenvalue weighted by Gasteiger charge is -2.05. The minimum Gasteiger partial charge on any atom is -0.143 e. The zero-order valence-corrected chi connectivity index (χ0v) is 10.3. The predicted molar refractivity (Wildman–Crippen MR) is 64.2 cm³/mol. The molecule has 68 valence electrons. The Bertz CT molecular complexity index is 447. The standard InChI is InChI=1S/C10H8BrClS/c1-6-8(5-11)10-7(2-3-13-10)4-9(6)12/h2-4H,5H2,1H3. The van der Waals surface area contributed by atoms with Crippen molar-refractivity contribution in [1.29, 1.82) is 0 Å². The highest BCUT2D eigenvalue weighted by molar-refractivity contribution is 9.08. The van der Waals surface area contributed by atoms with Gasteiger partial charge in [0.1, 0.15) is 0 Å². The maximum Gasteiger partial charge on any atom is 0.0445 e. The van der Waals surface area contributed by atoms with Gasteiger partial charge in [-0.15, -0.1) is 11.3 Å². The maximum atomic E-state index is 6.11. The highest BCUT2D eigenvalue weighted by Crippen LogP contribution is 2.33. The van der Waals surface area contributed by atoms with Gasteiger partial charge in [0.25, 0.3) is 0 Å². The molecule has 0 saturated heterocycles. The van der Waals surface area contributed by atoms with Gasteiger partial charge in [-0.3, -0.25) is 0 Å². The molecule has 1 aromatic heterocycles. The Morgan fingerprint density at radius 2 is 2.31 bits per heavy atom. The number of hydrogen-bond donors (Lipinski definition) is 0. The van der Waals surface area contributed by atoms with Crippen LogP contribution in [0.2, 0.25) is 5.02 Å². The van der Waals surface area contributed by atoms with Crippen molar-refractivity contribution in [1.82, 2.24) is 0 Å². The van der Waals surface area contributed by atoms with Crippen LogP contribution in [0.4, 0.5) is 0 Å². The molecule has 0 aliphatic rings. The van der Waals surface area contributed by atoms with E-state index in [0.29, 0.717) is 0 Å². The van der Waals surface area contributed by atoms with E-state index in [1.54, 1.807) is 11.3 Å². The van der Waals surface area contributed by atoms with Gasteiger partial charge in [0.2, 0.25) is 0 Å². The number of thiophene rings is 1. The van der Waals surface area contributed by atoms with Crippen molar-refractivity contribution in [2.45, 2.75) is 12.3 Å². The molecule has 0 N–H and O–H groups in total. The molecule has 2 rings (SSSR count). The SMILES string of the molecule is Cc1c(Cl)cc2ccsc2c1CBr. The maximum absolute atomic E-state index is 6.11. The van der Waals surface area contributed by atoms with E-state index in [1.807, 2.05) is 6.07 Å². The summed E-state index contributed by atoms with van der Waals surface area (Å²) in [6, 6.07) is 4.15. The van der Waals surface area contributed by atoms with Crippen LogP contribution in [0, 0.1) is 6.92 Å². The Balaban J connectivity index is 2.87. The number of alkyl halides is 1. The number of rotatable bonds is 1. The number of benzene rings is 1. The van der Waals surface area contributed by atoms with Crippen molar-refractivity contribution in [3.63, 3.8) is 0 Å². The molecular formula is C10H8BrClS. The minimum absolute atomic E-state index is 0.861. The summed E-state index contributed by atoms with van der Waals surface area (Å²) in [5.41, 5.74) is 2.51. The first kappa shape index (κ1) is 9.50. The Morgan fingerprint density at radius 1 is 1.54 bits per heavy atom. The summed E-state index contributed by atoms with van der Waals surface area (Å²) >= 11 is 11.4. The molecule has 0 radical (unpaired) electrons. The Hall–Kier alpha value is -0.0500. The van der Waals surface area contributed by atoms with Crippen LogP contribution < -0.4 is 0 Å². The van der Waals surface area contributed by atoms with E-state index in [9.17, 15) is 0 Å². The van der Waals surface area contributed by atoms with Crippen LogP contribution in [0.1, 0.15) is 11.1 Å². The largest absolute Gasteiger partial charge is 0.143 e. The predicted octanol–water partition coefficient (Wildman–Crippen LogP) is 4.76. The minimum atomic E-state index is 0.861. The molecule has 0 nitrogen and oxygen atoms in total. The van der Waals surface area contributed by atoms with Crippen LogP contribution in [0.5, 0.6) is 0 Å². The van der Waals surface area contributed by atoms with Gasteiger partial charge in [-0.2, -0.15) is 0 Å². The van der Waals surface area contributed by atoms with E-state index in [-0.39, 0.29) is 0 Å². The van der Waals surface area contributed by atoms with Gasteiger partial charge in [0.15, 0.2) is 0 Å². The molecule has 0 spiro atoms. The van der Waals surface area contributed by atoms with Gasteiger partial charge in [-0.1, -0.05) is 27.5 Å². The fourth-order valence-corrected chi connectivity index (χ4v) is 3.50. The fraction of sp³-hybridized carbons (Fsp3) is 0.200. The first-order chi connectivity index (χ1) is 6.24. The normalized spacial score (nSPS) is 11.0. The first-order valence-electron chi connectivity index (χ1n) is 3.95. The Labute approximate surface area is 94.7 Å². The summed E-state index contributed by atoms with van der Waals surface area (Å²) in [7, 11) is 0. The average Bonchev–Trinajstić information content (AvgIpc) is 2.54. The second kappa shape index (κ2) is 3.60. The van der Waals surface area contributed by atoms with Gasteiger partial charge in [-0.25, -0.2) is 0 Å². The van der Waals surface area contributed by atoms with Crippen LogP contribution in [0.15, 0.2) is 17.5 Å². The third kappa shape index (κ3) is 1.51. The van der Waals surface area contributed by atoms with Crippen LogP contribution in [-0.4, -0.2) is 0 Å². The topological polar surface area (TPSA) is 0 Å². The lowest BCUT2D eigenvalue weighted by atomic mass is 10.1. The van der Waals surface area contributed by atoms with Crippen molar-refractivity contribution >= 4 is 49.0 Å². The van der Waals surface area contributed by atoms with Gasteiger partial charge in [0, 0.05) is 15.1 Å². The number of fused-ring (bicyclic) bond motifs is 1. The second-order valence-corrected chi connectivity index (χ2v) is 4.82. The van der Waals surface area contributed by atoms with Crippen LogP contribution in [-0.2, 0) is 5.33 Å². The van der Waals surface area contributed by atoms with Gasteiger partial charge < -0.3 is 0 Å². The number of halogens is 2. The average molecular weight is 276 g/mol. The lowest BCUT2D eigenvalue weighted by molar-refractivity contribution is 1.37. The smallest absolute Gasteiger partial charge is 0.0445 e. The highest BCUT2D eigenvalue weighted by Gasteiger charge is 2.08. The summed E-state index contributed by atoms with van der Waals surface area (Å²) < 4.78 is 1.35. The molecule has 3 heteroatoms. The molecule has 0 fully saturated rings. The van der Waals surface area contributed by atoms with E-state index in [0.717, 1.165) is 10.4 Å². The summed E-state index contributed by atoms with van der Waals surface area (Å²) in [5, 5.41) is 5.08. The van der Waals surface area contributed by atoms with Crippen molar-refractivity contribution in [3.8, 4) is 0 Å². The van der Waals surface area contributed by atoms with Crippen molar-refractivity contribution < 1.29 is 0 Å². The molecule has 13 heavy (non-hydrogen) atoms. The Morgan fingerprint density at radius 3 is 3.00 bits per heavy atom. The van der Waals surface area contributed by atoms with Crippen molar-refractivity contribution in [2.75, 3.05) is 0 Å². The van der Waals surface area contributed by atoms with E-state index >= 15 is 0 Å². The quantitative estimate of drug-likeness (QED) is 0.658. The molecule has 0 unspecified atom stereocenters. The summed E-state index contributed by atoms with van der Waals surface area (Å²) in [6.45, 7) is 2.07. The lowest BCUT2D eigenvalue weighted by Crippen LogP contribution is -1.85. The molecule has 1 heterocycles. The van der Waals surface area contributed by atoms with Crippen molar-refractivity contribution in [2.24, 2.45) is 0 Å². The Kier molecular flexibility index (Phi) is 2.63. The summed E-state index contributed by atoms with van der Waals surface area (Å²) in [5.74, 6) is 0. The molecular weight excluding hydrogens is 268 g/mol. The van der Waals surface area contributed by atoms with E-state index in [4.69, 9.17) is 11.6 Å². The molecule has 0 amide bonds. The monoisotopic (exact) mass is 274 g/mol. The molecule has 2 aromatic rings. The van der Waals surface area contributed by atoms with E-state index < -0.39 is 0 Å². The molecule has 0 atom stereocenters. The van der Waals surface area contributed by atoms with Gasteiger partial charge >= 0.3 is 0 Å². The van der Waals surface area contributed by atoms with Crippen LogP contribution >= 0.6 is 38.9 Å². The first-order valence-corrected chi connectivity index (χ1v) is 6.33. The second-order valence-electron chi connectivity index (χ2n) is 2.93. The molecule has 0 bridgehead atoms. The zero-order valence-electron chi connectivity index (χ0n) is 7.10. The third-order valence-electron chi connectivity index (χ3n) is 2.20. The third-order valence-corrected chi connectivity index (χ3v) is 4.14. The summed E-state index contributed by atoms with van der Waals surface area (Å²) in [6.07, 6.45) is 0. The zero-order chi connectivity index (χ0) is 9.42. The molecule has 1 aromatic carbocycles. The van der Waals surface area contributed by atoms with Gasteiger partial charge in [-0.05, 0) is 40.9 Å². The molecule has 0 saturated carbocycles. The van der Waals surface area contributed by atoms with E-state index in [1.165, 1.54) is 21.2 Å². The van der Waals surface area contributed by atoms with Gasteiger partial charge in [0.05, 0.1) is 0 Å². The van der Waals surface area contributed by atoms with E-state index in [2.05, 4.69) is 34.3 Å². The summed E-state index contributed by atoms with van der Waals surface area (Å²) in [4.78, 5) is 0. The highest BCUT2D eigenvalue weighted by atomic mass is 79.9. The van der Waals surface area contributed by atoms with Crippen LogP contribution in [0.25, 0.3) is 10.1 Å². The molecule has 0 aliphatic carbocycles. The van der Waals surface area contributed by atoms with Crippen LogP contribution in [0.3, 0.4) is 0 Å². The number of hydrogen-bond acceptors (Lipinski definition) is 1. The molecule has 0 aliphatic heterocycles.